The van der Waals surface area contributed by atoms with E-state index in [1.165, 1.54) is 12.5 Å². The second kappa shape index (κ2) is 5.41. The molecule has 1 saturated heterocycles. The van der Waals surface area contributed by atoms with Gasteiger partial charge in [-0.25, -0.2) is 8.78 Å². The van der Waals surface area contributed by atoms with Gasteiger partial charge < -0.3 is 9.84 Å². The van der Waals surface area contributed by atoms with Crippen molar-refractivity contribution in [3.05, 3.63) is 35.4 Å². The molecule has 1 N–H and O–H groups in total. The van der Waals surface area contributed by atoms with Crippen LogP contribution in [0.2, 0.25) is 0 Å². The number of rotatable bonds is 3. The molecular formula is C16H20F2O2. The molecule has 2 nitrogen and oxygen atoms in total. The van der Waals surface area contributed by atoms with Crippen LogP contribution < -0.4 is 0 Å². The van der Waals surface area contributed by atoms with Gasteiger partial charge in [-0.15, -0.1) is 0 Å². The zero-order valence-electron chi connectivity index (χ0n) is 11.4. The third-order valence-electron chi connectivity index (χ3n) is 4.80. The standard InChI is InChI=1S/C16H20F2O2/c17-13-4-1-3-11(15(13)18)9-14(19)12-5-8-20-16(10-12)6-2-7-16/h1,3-4,12,14,19H,2,5-10H2. The molecule has 1 aliphatic carbocycles. The number of aliphatic hydroxyl groups is 1. The Morgan fingerprint density at radius 2 is 2.15 bits per heavy atom. The molecule has 0 bridgehead atoms. The van der Waals surface area contributed by atoms with Gasteiger partial charge in [-0.3, -0.25) is 0 Å². The first-order valence-electron chi connectivity index (χ1n) is 7.35. The predicted molar refractivity (Wildman–Crippen MR) is 71.3 cm³/mol. The van der Waals surface area contributed by atoms with Gasteiger partial charge >= 0.3 is 0 Å². The third kappa shape index (κ3) is 2.59. The summed E-state index contributed by atoms with van der Waals surface area (Å²) in [7, 11) is 0. The number of hydrogen-bond acceptors (Lipinski definition) is 2. The van der Waals surface area contributed by atoms with Crippen LogP contribution in [0, 0.1) is 17.6 Å². The van der Waals surface area contributed by atoms with E-state index in [1.54, 1.807) is 6.07 Å². The first-order chi connectivity index (χ1) is 9.60. The van der Waals surface area contributed by atoms with Crippen molar-refractivity contribution in [2.45, 2.75) is 50.2 Å². The number of benzene rings is 1. The fraction of sp³-hybridized carbons (Fsp3) is 0.625. The molecule has 0 amide bonds. The van der Waals surface area contributed by atoms with Gasteiger partial charge in [0.2, 0.25) is 0 Å². The average molecular weight is 282 g/mol. The molecule has 1 aromatic rings. The van der Waals surface area contributed by atoms with Gasteiger partial charge in [0.05, 0.1) is 11.7 Å². The predicted octanol–water partition coefficient (Wildman–Crippen LogP) is 3.22. The Labute approximate surface area is 117 Å². The van der Waals surface area contributed by atoms with E-state index < -0.39 is 17.7 Å². The Morgan fingerprint density at radius 1 is 1.35 bits per heavy atom. The Hall–Kier alpha value is -1.00. The van der Waals surface area contributed by atoms with E-state index in [4.69, 9.17) is 4.74 Å². The topological polar surface area (TPSA) is 29.5 Å². The van der Waals surface area contributed by atoms with Crippen molar-refractivity contribution in [2.24, 2.45) is 5.92 Å². The summed E-state index contributed by atoms with van der Waals surface area (Å²) in [5, 5.41) is 10.3. The molecular weight excluding hydrogens is 262 g/mol. The minimum absolute atomic E-state index is 0.0373. The van der Waals surface area contributed by atoms with Gasteiger partial charge in [-0.1, -0.05) is 12.1 Å². The lowest BCUT2D eigenvalue weighted by Crippen LogP contribution is -2.48. The van der Waals surface area contributed by atoms with Crippen molar-refractivity contribution < 1.29 is 18.6 Å². The fourth-order valence-electron chi connectivity index (χ4n) is 3.41. The second-order valence-electron chi connectivity index (χ2n) is 6.12. The second-order valence-corrected chi connectivity index (χ2v) is 6.12. The monoisotopic (exact) mass is 282 g/mol. The Balaban J connectivity index is 1.66. The van der Waals surface area contributed by atoms with Gasteiger partial charge in [-0.05, 0) is 49.7 Å². The van der Waals surface area contributed by atoms with Crippen LogP contribution in [0.15, 0.2) is 18.2 Å². The molecule has 1 aliphatic heterocycles. The fourth-order valence-corrected chi connectivity index (χ4v) is 3.41. The van der Waals surface area contributed by atoms with E-state index in [2.05, 4.69) is 0 Å². The summed E-state index contributed by atoms with van der Waals surface area (Å²) in [5.41, 5.74) is 0.219. The largest absolute Gasteiger partial charge is 0.392 e. The first-order valence-corrected chi connectivity index (χ1v) is 7.35. The minimum Gasteiger partial charge on any atom is -0.392 e. The van der Waals surface area contributed by atoms with Gasteiger partial charge in [0, 0.05) is 13.0 Å². The maximum atomic E-state index is 13.6. The Kier molecular flexibility index (Phi) is 3.78. The lowest BCUT2D eigenvalue weighted by Gasteiger charge is -2.48. The summed E-state index contributed by atoms with van der Waals surface area (Å²) in [5.74, 6) is -1.57. The van der Waals surface area contributed by atoms with Crippen LogP contribution in [0.1, 0.15) is 37.7 Å². The van der Waals surface area contributed by atoms with E-state index in [0.717, 1.165) is 31.7 Å². The van der Waals surface area contributed by atoms with Crippen LogP contribution in [-0.2, 0) is 11.2 Å². The molecule has 1 spiro atoms. The molecule has 0 radical (unpaired) electrons. The normalized spacial score (nSPS) is 26.2. The molecule has 3 rings (SSSR count). The van der Waals surface area contributed by atoms with Crippen molar-refractivity contribution in [3.8, 4) is 0 Å². The maximum absolute atomic E-state index is 13.6. The first kappa shape index (κ1) is 14.0. The van der Waals surface area contributed by atoms with E-state index in [0.29, 0.717) is 6.61 Å². The molecule has 110 valence electrons. The number of hydrogen-bond donors (Lipinski definition) is 1. The van der Waals surface area contributed by atoms with Crippen molar-refractivity contribution >= 4 is 0 Å². The Bertz CT molecular complexity index is 485. The van der Waals surface area contributed by atoms with Crippen LogP contribution >= 0.6 is 0 Å². The molecule has 1 heterocycles. The summed E-state index contributed by atoms with van der Waals surface area (Å²) < 4.78 is 32.7. The average Bonchev–Trinajstić information content (AvgIpc) is 2.42. The minimum atomic E-state index is -0.850. The lowest BCUT2D eigenvalue weighted by molar-refractivity contribution is -0.156. The van der Waals surface area contributed by atoms with Gasteiger partial charge in [0.1, 0.15) is 0 Å². The maximum Gasteiger partial charge on any atom is 0.162 e. The van der Waals surface area contributed by atoms with E-state index in [9.17, 15) is 13.9 Å². The number of halogens is 2. The molecule has 2 unspecified atom stereocenters. The molecule has 1 aromatic carbocycles. The zero-order valence-corrected chi connectivity index (χ0v) is 11.4. The van der Waals surface area contributed by atoms with Crippen molar-refractivity contribution in [3.63, 3.8) is 0 Å². The van der Waals surface area contributed by atoms with Gasteiger partial charge in [0.25, 0.3) is 0 Å². The van der Waals surface area contributed by atoms with Crippen LogP contribution in [0.25, 0.3) is 0 Å². The van der Waals surface area contributed by atoms with Crippen molar-refractivity contribution in [2.75, 3.05) is 6.61 Å². The third-order valence-corrected chi connectivity index (χ3v) is 4.80. The Morgan fingerprint density at radius 3 is 2.85 bits per heavy atom. The van der Waals surface area contributed by atoms with E-state index in [-0.39, 0.29) is 23.5 Å². The molecule has 2 atom stereocenters. The molecule has 20 heavy (non-hydrogen) atoms. The van der Waals surface area contributed by atoms with Gasteiger partial charge in [0.15, 0.2) is 11.6 Å². The molecule has 4 heteroatoms. The van der Waals surface area contributed by atoms with Crippen molar-refractivity contribution in [1.29, 1.82) is 0 Å². The van der Waals surface area contributed by atoms with Crippen LogP contribution in [0.3, 0.4) is 0 Å². The number of ether oxygens (including phenoxy) is 1. The van der Waals surface area contributed by atoms with Crippen molar-refractivity contribution in [1.82, 2.24) is 0 Å². The van der Waals surface area contributed by atoms with E-state index >= 15 is 0 Å². The summed E-state index contributed by atoms with van der Waals surface area (Å²) >= 11 is 0. The SMILES string of the molecule is OC(Cc1cccc(F)c1F)C1CCOC2(CCC2)C1. The highest BCUT2D eigenvalue weighted by Gasteiger charge is 2.44. The molecule has 2 aliphatic rings. The quantitative estimate of drug-likeness (QED) is 0.922. The summed E-state index contributed by atoms with van der Waals surface area (Å²) in [6.07, 6.45) is 4.47. The summed E-state index contributed by atoms with van der Waals surface area (Å²) in [4.78, 5) is 0. The highest BCUT2D eigenvalue weighted by molar-refractivity contribution is 5.20. The van der Waals surface area contributed by atoms with Crippen LogP contribution in [0.4, 0.5) is 8.78 Å². The lowest BCUT2D eigenvalue weighted by atomic mass is 9.70. The molecule has 2 fully saturated rings. The smallest absolute Gasteiger partial charge is 0.162 e. The van der Waals surface area contributed by atoms with E-state index in [1.807, 2.05) is 0 Å². The summed E-state index contributed by atoms with van der Waals surface area (Å²) in [6, 6.07) is 4.13. The van der Waals surface area contributed by atoms with Crippen LogP contribution in [-0.4, -0.2) is 23.4 Å². The van der Waals surface area contributed by atoms with Gasteiger partial charge in [-0.2, -0.15) is 0 Å². The summed E-state index contributed by atoms with van der Waals surface area (Å²) in [6.45, 7) is 0.660. The zero-order chi connectivity index (χ0) is 14.2. The molecule has 0 aromatic heterocycles. The highest BCUT2D eigenvalue weighted by atomic mass is 19.2. The highest BCUT2D eigenvalue weighted by Crippen LogP contribution is 2.45. The number of aliphatic hydroxyl groups excluding tert-OH is 1. The van der Waals surface area contributed by atoms with Crippen LogP contribution in [0.5, 0.6) is 0 Å². The molecule has 1 saturated carbocycles.